The molecule has 0 amide bonds. The van der Waals surface area contributed by atoms with Gasteiger partial charge in [0, 0.05) is 19.1 Å². The van der Waals surface area contributed by atoms with E-state index in [1.165, 1.54) is 12.8 Å². The van der Waals surface area contributed by atoms with Crippen LogP contribution in [0.2, 0.25) is 0 Å². The summed E-state index contributed by atoms with van der Waals surface area (Å²) in [5.74, 6) is 0. The first-order chi connectivity index (χ1) is 6.74. The Labute approximate surface area is 87.5 Å². The third-order valence-electron chi connectivity index (χ3n) is 3.17. The first kappa shape index (κ1) is 12.0. The predicted octanol–water partition coefficient (Wildman–Crippen LogP) is 0.831. The molecule has 0 aromatic carbocycles. The van der Waals surface area contributed by atoms with Crippen LogP contribution in [-0.2, 0) is 0 Å². The van der Waals surface area contributed by atoms with E-state index in [0.29, 0.717) is 6.04 Å². The second-order valence-corrected chi connectivity index (χ2v) is 4.31. The molecule has 1 rings (SSSR count). The van der Waals surface area contributed by atoms with Crippen molar-refractivity contribution in [1.82, 2.24) is 10.2 Å². The molecule has 0 heterocycles. The third-order valence-corrected chi connectivity index (χ3v) is 3.17. The maximum absolute atomic E-state index is 9.72. The van der Waals surface area contributed by atoms with E-state index >= 15 is 0 Å². The van der Waals surface area contributed by atoms with Crippen LogP contribution in [-0.4, -0.2) is 48.8 Å². The van der Waals surface area contributed by atoms with Crippen molar-refractivity contribution in [3.8, 4) is 0 Å². The highest BCUT2D eigenvalue weighted by atomic mass is 16.3. The number of aliphatic hydroxyl groups is 1. The van der Waals surface area contributed by atoms with Gasteiger partial charge in [0.2, 0.25) is 0 Å². The van der Waals surface area contributed by atoms with E-state index in [-0.39, 0.29) is 6.10 Å². The normalized spacial score (nSPS) is 28.3. The molecule has 1 aliphatic carbocycles. The van der Waals surface area contributed by atoms with Crippen molar-refractivity contribution in [2.75, 3.05) is 26.7 Å². The number of nitrogens with zero attached hydrogens (tertiary/aromatic N) is 1. The molecule has 1 fully saturated rings. The lowest BCUT2D eigenvalue weighted by atomic mass is 9.93. The number of hydrogen-bond donors (Lipinski definition) is 2. The first-order valence-corrected chi connectivity index (χ1v) is 5.84. The van der Waals surface area contributed by atoms with Crippen molar-refractivity contribution in [3.05, 3.63) is 0 Å². The van der Waals surface area contributed by atoms with Gasteiger partial charge < -0.3 is 15.3 Å². The highest BCUT2D eigenvalue weighted by molar-refractivity contribution is 4.80. The zero-order chi connectivity index (χ0) is 10.4. The summed E-state index contributed by atoms with van der Waals surface area (Å²) in [5.41, 5.74) is 0. The van der Waals surface area contributed by atoms with Gasteiger partial charge in [0.1, 0.15) is 0 Å². The predicted molar refractivity (Wildman–Crippen MR) is 59.4 cm³/mol. The molecule has 0 radical (unpaired) electrons. The fourth-order valence-corrected chi connectivity index (χ4v) is 1.95. The van der Waals surface area contributed by atoms with Gasteiger partial charge in [-0.1, -0.05) is 19.8 Å². The zero-order valence-corrected chi connectivity index (χ0v) is 9.50. The minimum Gasteiger partial charge on any atom is -0.392 e. The van der Waals surface area contributed by atoms with Crippen molar-refractivity contribution in [1.29, 1.82) is 0 Å². The summed E-state index contributed by atoms with van der Waals surface area (Å²) in [5, 5.41) is 13.2. The maximum atomic E-state index is 9.72. The molecule has 84 valence electrons. The van der Waals surface area contributed by atoms with Gasteiger partial charge in [-0.05, 0) is 26.4 Å². The SMILES string of the molecule is CCN(C)CCN[C@H]1CCCC[C@@H]1O. The summed E-state index contributed by atoms with van der Waals surface area (Å²) in [6.45, 7) is 5.32. The fraction of sp³-hybridized carbons (Fsp3) is 1.00. The van der Waals surface area contributed by atoms with E-state index in [0.717, 1.165) is 32.5 Å². The molecular formula is C11H24N2O. The first-order valence-electron chi connectivity index (χ1n) is 5.84. The molecule has 0 bridgehead atoms. The minimum atomic E-state index is -0.115. The average Bonchev–Trinajstić information content (AvgIpc) is 2.20. The molecule has 0 aliphatic heterocycles. The van der Waals surface area contributed by atoms with Crippen molar-refractivity contribution < 1.29 is 5.11 Å². The monoisotopic (exact) mass is 200 g/mol. The second-order valence-electron chi connectivity index (χ2n) is 4.31. The van der Waals surface area contributed by atoms with Crippen LogP contribution in [0.1, 0.15) is 32.6 Å². The molecule has 0 aromatic heterocycles. The maximum Gasteiger partial charge on any atom is 0.0693 e. The smallest absolute Gasteiger partial charge is 0.0693 e. The lowest BCUT2D eigenvalue weighted by molar-refractivity contribution is 0.0899. The molecule has 0 unspecified atom stereocenters. The van der Waals surface area contributed by atoms with E-state index < -0.39 is 0 Å². The van der Waals surface area contributed by atoms with Crippen molar-refractivity contribution >= 4 is 0 Å². The molecular weight excluding hydrogens is 176 g/mol. The molecule has 1 aliphatic rings. The number of aliphatic hydroxyl groups excluding tert-OH is 1. The van der Waals surface area contributed by atoms with Gasteiger partial charge in [-0.2, -0.15) is 0 Å². The zero-order valence-electron chi connectivity index (χ0n) is 9.50. The van der Waals surface area contributed by atoms with Crippen molar-refractivity contribution in [2.45, 2.75) is 44.8 Å². The average molecular weight is 200 g/mol. The molecule has 1 saturated carbocycles. The Bertz CT molecular complexity index is 152. The van der Waals surface area contributed by atoms with Gasteiger partial charge in [-0.25, -0.2) is 0 Å². The van der Waals surface area contributed by atoms with E-state index in [4.69, 9.17) is 0 Å². The summed E-state index contributed by atoms with van der Waals surface area (Å²) < 4.78 is 0. The quantitative estimate of drug-likeness (QED) is 0.690. The van der Waals surface area contributed by atoms with Gasteiger partial charge in [0.05, 0.1) is 6.10 Å². The largest absolute Gasteiger partial charge is 0.392 e. The van der Waals surface area contributed by atoms with E-state index in [2.05, 4.69) is 24.2 Å². The molecule has 2 N–H and O–H groups in total. The third kappa shape index (κ3) is 3.95. The molecule has 0 spiro atoms. The summed E-state index contributed by atoms with van der Waals surface area (Å²) >= 11 is 0. The van der Waals surface area contributed by atoms with Gasteiger partial charge in [-0.3, -0.25) is 0 Å². The Hall–Kier alpha value is -0.120. The highest BCUT2D eigenvalue weighted by Gasteiger charge is 2.21. The number of likely N-dealkylation sites (N-methyl/N-ethyl adjacent to an activating group) is 1. The Kier molecular flexibility index (Phi) is 5.45. The van der Waals surface area contributed by atoms with Gasteiger partial charge in [-0.15, -0.1) is 0 Å². The van der Waals surface area contributed by atoms with Crippen LogP contribution >= 0.6 is 0 Å². The lowest BCUT2D eigenvalue weighted by Gasteiger charge is -2.29. The van der Waals surface area contributed by atoms with Crippen LogP contribution in [0, 0.1) is 0 Å². The van der Waals surface area contributed by atoms with Gasteiger partial charge in [0.15, 0.2) is 0 Å². The summed E-state index contributed by atoms with van der Waals surface area (Å²) in [7, 11) is 2.12. The summed E-state index contributed by atoms with van der Waals surface area (Å²) in [4.78, 5) is 2.28. The van der Waals surface area contributed by atoms with Crippen LogP contribution in [0.5, 0.6) is 0 Å². The Morgan fingerprint density at radius 2 is 2.07 bits per heavy atom. The molecule has 14 heavy (non-hydrogen) atoms. The Morgan fingerprint density at radius 3 is 2.71 bits per heavy atom. The van der Waals surface area contributed by atoms with Crippen LogP contribution in [0.15, 0.2) is 0 Å². The summed E-state index contributed by atoms with van der Waals surface area (Å²) in [6, 6.07) is 0.342. The van der Waals surface area contributed by atoms with Crippen LogP contribution < -0.4 is 5.32 Å². The Morgan fingerprint density at radius 1 is 1.36 bits per heavy atom. The van der Waals surface area contributed by atoms with Crippen molar-refractivity contribution in [2.24, 2.45) is 0 Å². The van der Waals surface area contributed by atoms with Gasteiger partial charge in [0.25, 0.3) is 0 Å². The fourth-order valence-electron chi connectivity index (χ4n) is 1.95. The second kappa shape index (κ2) is 6.38. The van der Waals surface area contributed by atoms with Gasteiger partial charge >= 0.3 is 0 Å². The molecule has 3 nitrogen and oxygen atoms in total. The number of hydrogen-bond acceptors (Lipinski definition) is 3. The van der Waals surface area contributed by atoms with Crippen LogP contribution in [0.3, 0.4) is 0 Å². The Balaban J connectivity index is 2.10. The van der Waals surface area contributed by atoms with Crippen molar-refractivity contribution in [3.63, 3.8) is 0 Å². The molecule has 3 heteroatoms. The van der Waals surface area contributed by atoms with E-state index in [1.54, 1.807) is 0 Å². The number of nitrogens with one attached hydrogen (secondary N) is 1. The van der Waals surface area contributed by atoms with Crippen LogP contribution in [0.25, 0.3) is 0 Å². The van der Waals surface area contributed by atoms with E-state index in [9.17, 15) is 5.11 Å². The summed E-state index contributed by atoms with van der Waals surface area (Å²) in [6.07, 6.45) is 4.45. The van der Waals surface area contributed by atoms with Crippen LogP contribution in [0.4, 0.5) is 0 Å². The number of rotatable bonds is 5. The minimum absolute atomic E-state index is 0.115. The molecule has 0 saturated heterocycles. The molecule has 0 aromatic rings. The highest BCUT2D eigenvalue weighted by Crippen LogP contribution is 2.17. The standard InChI is InChI=1S/C11H24N2O/c1-3-13(2)9-8-12-10-6-4-5-7-11(10)14/h10-12,14H,3-9H2,1-2H3/t10-,11-/m0/s1. The molecule has 2 atom stereocenters. The van der Waals surface area contributed by atoms with E-state index in [1.807, 2.05) is 0 Å². The lowest BCUT2D eigenvalue weighted by Crippen LogP contribution is -2.44. The topological polar surface area (TPSA) is 35.5 Å².